The standard InChI is InChI=1S/C25H23N3O7/c1-15-5-3-8-20-22(15)25(32)27(24(20)31)26(14-21(29)17-6-4-7-19(13-17)35-2)23(30)16-9-11-18(12-10-16)28(33)34/h3-7,9-13,15,20,22H,8,14H2,1-2H3/t15-,20-,22+/m1/s1. The van der Waals surface area contributed by atoms with E-state index in [2.05, 4.69) is 0 Å². The highest BCUT2D eigenvalue weighted by molar-refractivity contribution is 6.10. The summed E-state index contributed by atoms with van der Waals surface area (Å²) in [4.78, 5) is 63.7. The molecule has 1 saturated heterocycles. The molecule has 0 aromatic heterocycles. The van der Waals surface area contributed by atoms with Crippen molar-refractivity contribution in [2.45, 2.75) is 13.3 Å². The molecule has 10 nitrogen and oxygen atoms in total. The van der Waals surface area contributed by atoms with Crippen molar-refractivity contribution in [1.82, 2.24) is 10.0 Å². The Morgan fingerprint density at radius 1 is 1.11 bits per heavy atom. The Balaban J connectivity index is 1.71. The quantitative estimate of drug-likeness (QED) is 0.197. The minimum absolute atomic E-state index is 0.00399. The fourth-order valence-electron chi connectivity index (χ4n) is 4.50. The predicted octanol–water partition coefficient (Wildman–Crippen LogP) is 3.04. The molecule has 4 rings (SSSR count). The van der Waals surface area contributed by atoms with E-state index >= 15 is 0 Å². The highest BCUT2D eigenvalue weighted by Gasteiger charge is 2.53. The molecule has 0 saturated carbocycles. The number of fused-ring (bicyclic) bond motifs is 1. The average Bonchev–Trinajstić information content (AvgIpc) is 3.12. The summed E-state index contributed by atoms with van der Waals surface area (Å²) >= 11 is 0. The summed E-state index contributed by atoms with van der Waals surface area (Å²) in [6.45, 7) is 1.24. The largest absolute Gasteiger partial charge is 0.497 e. The van der Waals surface area contributed by atoms with Crippen LogP contribution in [0.5, 0.6) is 5.75 Å². The zero-order valence-electron chi connectivity index (χ0n) is 19.1. The van der Waals surface area contributed by atoms with Crippen molar-refractivity contribution in [2.24, 2.45) is 17.8 Å². The van der Waals surface area contributed by atoms with Gasteiger partial charge in [-0.3, -0.25) is 29.3 Å². The third-order valence-corrected chi connectivity index (χ3v) is 6.34. The van der Waals surface area contributed by atoms with Crippen molar-refractivity contribution in [3.05, 3.63) is 81.9 Å². The van der Waals surface area contributed by atoms with E-state index in [1.165, 1.54) is 25.3 Å². The third kappa shape index (κ3) is 4.42. The minimum atomic E-state index is -0.794. The molecule has 2 aliphatic rings. The van der Waals surface area contributed by atoms with Gasteiger partial charge < -0.3 is 4.74 Å². The number of nitro benzene ring substituents is 1. The Kier molecular flexibility index (Phi) is 6.46. The molecule has 10 heteroatoms. The third-order valence-electron chi connectivity index (χ3n) is 6.34. The number of methoxy groups -OCH3 is 1. The highest BCUT2D eigenvalue weighted by Crippen LogP contribution is 2.39. The van der Waals surface area contributed by atoms with Crippen LogP contribution in [0.3, 0.4) is 0 Å². The van der Waals surface area contributed by atoms with E-state index < -0.39 is 46.8 Å². The van der Waals surface area contributed by atoms with E-state index in [4.69, 9.17) is 4.74 Å². The topological polar surface area (TPSA) is 127 Å². The molecule has 0 radical (unpaired) electrons. The number of rotatable bonds is 7. The summed E-state index contributed by atoms with van der Waals surface area (Å²) in [6.07, 6.45) is 4.06. The number of hydrogen-bond donors (Lipinski definition) is 0. The van der Waals surface area contributed by atoms with Gasteiger partial charge in [-0.1, -0.05) is 31.2 Å². The summed E-state index contributed by atoms with van der Waals surface area (Å²) in [7, 11) is 1.45. The van der Waals surface area contributed by atoms with E-state index in [9.17, 15) is 29.3 Å². The van der Waals surface area contributed by atoms with Crippen LogP contribution in [0.15, 0.2) is 60.7 Å². The van der Waals surface area contributed by atoms with Crippen molar-refractivity contribution in [2.75, 3.05) is 13.7 Å². The molecular formula is C25H23N3O7. The Bertz CT molecular complexity index is 1240. The van der Waals surface area contributed by atoms with Crippen LogP contribution in [-0.4, -0.2) is 52.1 Å². The van der Waals surface area contributed by atoms with Gasteiger partial charge in [-0.25, -0.2) is 5.01 Å². The summed E-state index contributed by atoms with van der Waals surface area (Å²) in [5.41, 5.74) is 0.00730. The molecule has 2 aromatic rings. The molecule has 1 aliphatic carbocycles. The molecule has 0 bridgehead atoms. The number of nitro groups is 1. The number of allylic oxidation sites excluding steroid dienone is 2. The Labute approximate surface area is 200 Å². The lowest BCUT2D eigenvalue weighted by Crippen LogP contribution is -2.52. The van der Waals surface area contributed by atoms with E-state index in [1.807, 2.05) is 19.1 Å². The number of ether oxygens (including phenoxy) is 1. The van der Waals surface area contributed by atoms with Crippen LogP contribution in [0.4, 0.5) is 5.69 Å². The van der Waals surface area contributed by atoms with Crippen molar-refractivity contribution in [3.8, 4) is 5.75 Å². The van der Waals surface area contributed by atoms with Crippen molar-refractivity contribution in [3.63, 3.8) is 0 Å². The molecular weight excluding hydrogens is 454 g/mol. The van der Waals surface area contributed by atoms with E-state index in [0.29, 0.717) is 12.2 Å². The smallest absolute Gasteiger partial charge is 0.273 e. The van der Waals surface area contributed by atoms with Crippen molar-refractivity contribution in [1.29, 1.82) is 0 Å². The van der Waals surface area contributed by atoms with Crippen LogP contribution in [0.1, 0.15) is 34.1 Å². The van der Waals surface area contributed by atoms with Gasteiger partial charge in [-0.2, -0.15) is 5.01 Å². The second-order valence-corrected chi connectivity index (χ2v) is 8.47. The number of carbonyl (C=O) groups excluding carboxylic acids is 4. The van der Waals surface area contributed by atoms with E-state index in [1.54, 1.807) is 18.2 Å². The molecule has 0 unspecified atom stereocenters. The second-order valence-electron chi connectivity index (χ2n) is 8.47. The number of imide groups is 1. The van der Waals surface area contributed by atoms with Crippen molar-refractivity contribution < 1.29 is 28.8 Å². The van der Waals surface area contributed by atoms with Gasteiger partial charge in [0.2, 0.25) is 0 Å². The molecule has 35 heavy (non-hydrogen) atoms. The SMILES string of the molecule is COc1cccc(C(=O)CN(C(=O)c2ccc([N+](=O)[O-])cc2)N2C(=O)[C@H]3[C@H](C)C=CC[C@H]3C2=O)c1. The van der Waals surface area contributed by atoms with Gasteiger partial charge in [-0.05, 0) is 36.6 Å². The van der Waals surface area contributed by atoms with Gasteiger partial charge in [-0.15, -0.1) is 0 Å². The van der Waals surface area contributed by atoms with Crippen LogP contribution in [0.2, 0.25) is 0 Å². The van der Waals surface area contributed by atoms with Gasteiger partial charge in [0.25, 0.3) is 23.4 Å². The normalized spacial score (nSPS) is 21.0. The Morgan fingerprint density at radius 2 is 1.83 bits per heavy atom. The first-order valence-corrected chi connectivity index (χ1v) is 11.0. The van der Waals surface area contributed by atoms with Gasteiger partial charge >= 0.3 is 0 Å². The van der Waals surface area contributed by atoms with E-state index in [-0.39, 0.29) is 22.7 Å². The number of non-ortho nitro benzene ring substituents is 1. The lowest BCUT2D eigenvalue weighted by Gasteiger charge is -2.30. The monoisotopic (exact) mass is 477 g/mol. The molecule has 1 fully saturated rings. The maximum atomic E-state index is 13.5. The van der Waals surface area contributed by atoms with Gasteiger partial charge in [0, 0.05) is 23.3 Å². The van der Waals surface area contributed by atoms with Crippen LogP contribution in [-0.2, 0) is 9.59 Å². The number of Topliss-reactive ketones (excluding diaryl/α,β-unsaturated/α-hetero) is 1. The molecule has 180 valence electrons. The predicted molar refractivity (Wildman–Crippen MR) is 123 cm³/mol. The summed E-state index contributed by atoms with van der Waals surface area (Å²) in [5.74, 6) is -3.44. The lowest BCUT2D eigenvalue weighted by molar-refractivity contribution is -0.384. The fourth-order valence-corrected chi connectivity index (χ4v) is 4.50. The van der Waals surface area contributed by atoms with Crippen LogP contribution < -0.4 is 4.74 Å². The molecule has 3 amide bonds. The van der Waals surface area contributed by atoms with E-state index in [0.717, 1.165) is 22.2 Å². The zero-order chi connectivity index (χ0) is 25.3. The van der Waals surface area contributed by atoms with Gasteiger partial charge in [0.05, 0.1) is 23.9 Å². The molecule has 0 spiro atoms. The summed E-state index contributed by atoms with van der Waals surface area (Å²) < 4.78 is 5.15. The number of hydrogen-bond acceptors (Lipinski definition) is 7. The molecule has 1 aliphatic heterocycles. The van der Waals surface area contributed by atoms with Crippen LogP contribution >= 0.6 is 0 Å². The maximum Gasteiger partial charge on any atom is 0.273 e. The number of amides is 3. The molecule has 2 aromatic carbocycles. The number of benzene rings is 2. The number of hydrazine groups is 1. The molecule has 3 atom stereocenters. The Hall–Kier alpha value is -4.34. The van der Waals surface area contributed by atoms with Crippen molar-refractivity contribution >= 4 is 29.2 Å². The molecule has 0 N–H and O–H groups in total. The second kappa shape index (κ2) is 9.49. The Morgan fingerprint density at radius 3 is 2.46 bits per heavy atom. The van der Waals surface area contributed by atoms with Gasteiger partial charge in [0.15, 0.2) is 5.78 Å². The number of nitrogens with zero attached hydrogens (tertiary/aromatic N) is 3. The van der Waals surface area contributed by atoms with Crippen LogP contribution in [0, 0.1) is 27.9 Å². The fraction of sp³-hybridized carbons (Fsp3) is 0.280. The first-order valence-electron chi connectivity index (χ1n) is 11.0. The van der Waals surface area contributed by atoms with Crippen LogP contribution in [0.25, 0.3) is 0 Å². The average molecular weight is 477 g/mol. The molecule has 1 heterocycles. The van der Waals surface area contributed by atoms with Gasteiger partial charge in [0.1, 0.15) is 12.3 Å². The maximum absolute atomic E-state index is 13.5. The first-order chi connectivity index (χ1) is 16.7. The minimum Gasteiger partial charge on any atom is -0.497 e. The highest BCUT2D eigenvalue weighted by atomic mass is 16.6. The zero-order valence-corrected chi connectivity index (χ0v) is 19.1. The lowest BCUT2D eigenvalue weighted by atomic mass is 9.78. The summed E-state index contributed by atoms with van der Waals surface area (Å²) in [5, 5.41) is 12.6. The first kappa shape index (κ1) is 23.8. The number of carbonyl (C=O) groups is 4. The number of ketones is 1. The summed E-state index contributed by atoms with van der Waals surface area (Å²) in [6, 6.07) is 11.1.